The molecule has 0 radical (unpaired) electrons. The number of imidazole rings is 1. The van der Waals surface area contributed by atoms with Crippen LogP contribution in [-0.2, 0) is 6.54 Å². The molecule has 7 rings (SSSR count). The number of carbonyl (C=O) groups excluding carboxylic acids is 1. The van der Waals surface area contributed by atoms with E-state index in [9.17, 15) is 10.0 Å². The third kappa shape index (κ3) is 5.54. The van der Waals surface area contributed by atoms with Gasteiger partial charge in [-0.25, -0.2) is 14.6 Å². The van der Waals surface area contributed by atoms with Gasteiger partial charge in [0, 0.05) is 24.2 Å². The maximum absolute atomic E-state index is 12.4. The monoisotopic (exact) mass is 615 g/mol. The number of fused-ring (bicyclic) bond motifs is 1. The fourth-order valence-electron chi connectivity index (χ4n) is 6.38. The summed E-state index contributed by atoms with van der Waals surface area (Å²) in [5.41, 5.74) is 12.4. The molecular weight excluding hydrogens is 578 g/mol. The summed E-state index contributed by atoms with van der Waals surface area (Å²) in [5, 5.41) is 23.0. The minimum absolute atomic E-state index is 0.0756. The normalized spacial score (nSPS) is 13.9. The number of pyridine rings is 1. The number of anilines is 1. The van der Waals surface area contributed by atoms with Crippen LogP contribution in [0, 0.1) is 0 Å². The van der Waals surface area contributed by atoms with Gasteiger partial charge in [0.05, 0.1) is 64.5 Å². The van der Waals surface area contributed by atoms with Crippen LogP contribution in [0.1, 0.15) is 73.5 Å². The average Bonchev–Trinajstić information content (AvgIpc) is 3.84. The van der Waals surface area contributed by atoms with E-state index >= 15 is 0 Å². The van der Waals surface area contributed by atoms with Gasteiger partial charge in [-0.05, 0) is 48.6 Å². The summed E-state index contributed by atoms with van der Waals surface area (Å²) in [7, 11) is 0. The number of rotatable bonds is 9. The number of hydroxylamine groups is 1. The molecule has 11 nitrogen and oxygen atoms in total. The Kier molecular flexibility index (Phi) is 7.83. The van der Waals surface area contributed by atoms with E-state index in [-0.39, 0.29) is 17.5 Å². The van der Waals surface area contributed by atoms with Crippen LogP contribution in [-0.4, -0.2) is 51.3 Å². The van der Waals surface area contributed by atoms with Crippen molar-refractivity contribution in [1.29, 1.82) is 0 Å². The molecule has 6 aromatic rings. The van der Waals surface area contributed by atoms with E-state index in [4.69, 9.17) is 20.8 Å². The Morgan fingerprint density at radius 3 is 2.61 bits per heavy atom. The molecule has 0 unspecified atom stereocenters. The summed E-state index contributed by atoms with van der Waals surface area (Å²) in [6.07, 6.45) is 14.3. The summed E-state index contributed by atoms with van der Waals surface area (Å²) in [6, 6.07) is 17.3. The van der Waals surface area contributed by atoms with Crippen LogP contribution in [0.15, 0.2) is 85.7 Å². The maximum Gasteiger partial charge on any atom is 0.250 e. The smallest absolute Gasteiger partial charge is 0.250 e. The number of nitrogens with two attached hydrogens (primary N) is 1. The topological polar surface area (TPSA) is 133 Å². The minimum Gasteiger partial charge on any atom is -0.366 e. The molecule has 1 fully saturated rings. The summed E-state index contributed by atoms with van der Waals surface area (Å²) in [6.45, 7) is 4.88. The fraction of sp³-hybridized carbons (Fsp3) is 0.286. The first kappa shape index (κ1) is 29.4. The van der Waals surface area contributed by atoms with Crippen LogP contribution in [0.2, 0.25) is 0 Å². The van der Waals surface area contributed by atoms with E-state index in [1.807, 2.05) is 52.1 Å². The highest BCUT2D eigenvalue weighted by atomic mass is 16.5. The molecule has 1 saturated carbocycles. The van der Waals surface area contributed by atoms with Crippen LogP contribution in [0.4, 0.5) is 5.69 Å². The number of hydrogen-bond acceptors (Lipinski definition) is 7. The number of aromatic nitrogens is 7. The second-order valence-electron chi connectivity index (χ2n) is 12.3. The van der Waals surface area contributed by atoms with Gasteiger partial charge in [-0.1, -0.05) is 63.4 Å². The molecule has 0 bridgehead atoms. The Balaban J connectivity index is 1.27. The van der Waals surface area contributed by atoms with Gasteiger partial charge in [-0.3, -0.25) is 19.7 Å². The number of benzene rings is 2. The molecule has 0 aliphatic heterocycles. The molecule has 234 valence electrons. The lowest BCUT2D eigenvalue weighted by Gasteiger charge is -2.31. The zero-order valence-electron chi connectivity index (χ0n) is 26.0. The molecule has 46 heavy (non-hydrogen) atoms. The first-order chi connectivity index (χ1) is 22.4. The standard InChI is InChI=1S/C35H37N9O2/c1-23(2)33-32-30(41-21-29(38-22-41)25-18-39-42(20-25)19-24-9-5-3-6-10-24)15-16-37-35(32)43(40-33)27-13-14-28(34(36)45)31(17-27)44(46)26-11-7-4-8-12-26/h3,5-6,9-10,13-18,20-23,26,46H,4,7-8,11-12,19H2,1-2H3,(H2,36,45). The molecule has 0 atom stereocenters. The van der Waals surface area contributed by atoms with E-state index < -0.39 is 5.91 Å². The van der Waals surface area contributed by atoms with Gasteiger partial charge in [0.1, 0.15) is 0 Å². The lowest BCUT2D eigenvalue weighted by molar-refractivity contribution is 0.0997. The number of amides is 1. The van der Waals surface area contributed by atoms with Crippen molar-refractivity contribution >= 4 is 22.6 Å². The first-order valence-electron chi connectivity index (χ1n) is 15.8. The Labute approximate surface area is 266 Å². The highest BCUT2D eigenvalue weighted by Gasteiger charge is 2.26. The van der Waals surface area contributed by atoms with E-state index in [0.717, 1.165) is 60.1 Å². The lowest BCUT2D eigenvalue weighted by atomic mass is 9.94. The van der Waals surface area contributed by atoms with Crippen molar-refractivity contribution < 1.29 is 10.0 Å². The molecule has 2 aromatic carbocycles. The molecule has 1 aliphatic carbocycles. The predicted octanol–water partition coefficient (Wildman–Crippen LogP) is 6.27. The molecule has 0 spiro atoms. The van der Waals surface area contributed by atoms with Crippen LogP contribution in [0.5, 0.6) is 0 Å². The van der Waals surface area contributed by atoms with Gasteiger partial charge in [0.2, 0.25) is 0 Å². The van der Waals surface area contributed by atoms with Gasteiger partial charge >= 0.3 is 0 Å². The number of nitrogens with zero attached hydrogens (tertiary/aromatic N) is 8. The van der Waals surface area contributed by atoms with Crippen molar-refractivity contribution in [3.63, 3.8) is 0 Å². The van der Waals surface area contributed by atoms with Crippen molar-refractivity contribution in [2.24, 2.45) is 5.73 Å². The zero-order valence-corrected chi connectivity index (χ0v) is 26.0. The van der Waals surface area contributed by atoms with Crippen molar-refractivity contribution in [2.45, 2.75) is 64.5 Å². The molecule has 4 aromatic heterocycles. The zero-order chi connectivity index (χ0) is 31.8. The van der Waals surface area contributed by atoms with Crippen LogP contribution < -0.4 is 10.8 Å². The molecule has 1 amide bonds. The van der Waals surface area contributed by atoms with Gasteiger partial charge in [0.15, 0.2) is 5.65 Å². The summed E-state index contributed by atoms with van der Waals surface area (Å²) in [5.74, 6) is -0.501. The second kappa shape index (κ2) is 12.2. The summed E-state index contributed by atoms with van der Waals surface area (Å²) in [4.78, 5) is 21.9. The first-order valence-corrected chi connectivity index (χ1v) is 15.8. The Morgan fingerprint density at radius 1 is 1.04 bits per heavy atom. The highest BCUT2D eigenvalue weighted by Crippen LogP contribution is 2.34. The van der Waals surface area contributed by atoms with E-state index in [1.165, 1.54) is 10.6 Å². The third-order valence-electron chi connectivity index (χ3n) is 8.76. The summed E-state index contributed by atoms with van der Waals surface area (Å²) < 4.78 is 5.68. The largest absolute Gasteiger partial charge is 0.366 e. The van der Waals surface area contributed by atoms with E-state index in [2.05, 4.69) is 31.1 Å². The molecule has 1 aliphatic rings. The quantitative estimate of drug-likeness (QED) is 0.183. The minimum atomic E-state index is -0.591. The number of primary amides is 1. The van der Waals surface area contributed by atoms with E-state index in [1.54, 1.807) is 35.4 Å². The van der Waals surface area contributed by atoms with Gasteiger partial charge in [0.25, 0.3) is 5.91 Å². The van der Waals surface area contributed by atoms with Crippen molar-refractivity contribution in [3.05, 3.63) is 103 Å². The maximum atomic E-state index is 12.4. The molecule has 4 heterocycles. The molecule has 0 saturated heterocycles. The Morgan fingerprint density at radius 2 is 1.85 bits per heavy atom. The summed E-state index contributed by atoms with van der Waals surface area (Å²) >= 11 is 0. The van der Waals surface area contributed by atoms with Crippen molar-refractivity contribution in [2.75, 3.05) is 5.06 Å². The van der Waals surface area contributed by atoms with Gasteiger partial charge < -0.3 is 10.3 Å². The predicted molar refractivity (Wildman–Crippen MR) is 176 cm³/mol. The second-order valence-corrected chi connectivity index (χ2v) is 12.3. The van der Waals surface area contributed by atoms with Crippen LogP contribution >= 0.6 is 0 Å². The number of hydrogen-bond donors (Lipinski definition) is 2. The van der Waals surface area contributed by atoms with Crippen LogP contribution in [0.3, 0.4) is 0 Å². The molecule has 3 N–H and O–H groups in total. The Bertz CT molecular complexity index is 2000. The van der Waals surface area contributed by atoms with E-state index in [0.29, 0.717) is 23.6 Å². The van der Waals surface area contributed by atoms with Crippen molar-refractivity contribution in [3.8, 4) is 22.6 Å². The molecular formula is C35H37N9O2. The fourth-order valence-corrected chi connectivity index (χ4v) is 6.38. The Hall–Kier alpha value is -5.29. The third-order valence-corrected chi connectivity index (χ3v) is 8.76. The SMILES string of the molecule is CC(C)c1nn(-c2ccc(C(N)=O)c(N(O)C3CCCCC3)c2)c2nccc(-n3cnc(-c4cnn(Cc5ccccc5)c4)c3)c12. The van der Waals surface area contributed by atoms with Gasteiger partial charge in [-0.15, -0.1) is 0 Å². The van der Waals surface area contributed by atoms with Gasteiger partial charge in [-0.2, -0.15) is 10.2 Å². The number of carbonyl (C=O) groups is 1. The lowest BCUT2D eigenvalue weighted by Crippen LogP contribution is -2.35. The molecule has 11 heteroatoms. The van der Waals surface area contributed by atoms with Crippen LogP contribution in [0.25, 0.3) is 33.7 Å². The average molecular weight is 616 g/mol. The highest BCUT2D eigenvalue weighted by molar-refractivity contribution is 5.99. The van der Waals surface area contributed by atoms with Crippen molar-refractivity contribution in [1.82, 2.24) is 34.1 Å².